The van der Waals surface area contributed by atoms with Gasteiger partial charge in [-0.1, -0.05) is 12.1 Å². The van der Waals surface area contributed by atoms with E-state index >= 15 is 0 Å². The zero-order valence-corrected chi connectivity index (χ0v) is 14.7. The highest BCUT2D eigenvalue weighted by atomic mass is 32.2. The van der Waals surface area contributed by atoms with Crippen LogP contribution in [0.4, 0.5) is 0 Å². The van der Waals surface area contributed by atoms with Crippen LogP contribution in [-0.4, -0.2) is 63.1 Å². The molecule has 0 aromatic heterocycles. The largest absolute Gasteiger partial charge is 0.496 e. The third-order valence-electron chi connectivity index (χ3n) is 4.09. The molecule has 23 heavy (non-hydrogen) atoms. The molecule has 1 heterocycles. The molecule has 128 valence electrons. The Morgan fingerprint density at radius 3 is 2.57 bits per heavy atom. The Balaban J connectivity index is 1.99. The van der Waals surface area contributed by atoms with E-state index in [4.69, 9.17) is 4.74 Å². The van der Waals surface area contributed by atoms with Crippen LogP contribution in [0.25, 0.3) is 0 Å². The minimum absolute atomic E-state index is 0.0323. The lowest BCUT2D eigenvalue weighted by Gasteiger charge is -2.21. The number of hydrogen-bond donors (Lipinski definition) is 0. The monoisotopic (exact) mass is 340 g/mol. The van der Waals surface area contributed by atoms with Crippen molar-refractivity contribution in [1.29, 1.82) is 0 Å². The van der Waals surface area contributed by atoms with Gasteiger partial charge in [-0.2, -0.15) is 0 Å². The van der Waals surface area contributed by atoms with Crippen LogP contribution in [0.2, 0.25) is 0 Å². The van der Waals surface area contributed by atoms with Crippen molar-refractivity contribution >= 4 is 15.9 Å². The van der Waals surface area contributed by atoms with Crippen molar-refractivity contribution in [1.82, 2.24) is 9.21 Å². The maximum atomic E-state index is 12.5. The lowest BCUT2D eigenvalue weighted by atomic mass is 10.1. The Bertz CT molecular complexity index is 673. The zero-order chi connectivity index (χ0) is 17.0. The number of benzene rings is 1. The molecule has 1 aromatic rings. The topological polar surface area (TPSA) is 66.9 Å². The summed E-state index contributed by atoms with van der Waals surface area (Å²) < 4.78 is 29.9. The van der Waals surface area contributed by atoms with Crippen LogP contribution >= 0.6 is 0 Å². The predicted molar refractivity (Wildman–Crippen MR) is 89.0 cm³/mol. The highest BCUT2D eigenvalue weighted by Gasteiger charge is 2.23. The molecule has 0 aliphatic carbocycles. The summed E-state index contributed by atoms with van der Waals surface area (Å²) in [6.07, 6.45) is 2.20. The van der Waals surface area contributed by atoms with Gasteiger partial charge >= 0.3 is 0 Å². The van der Waals surface area contributed by atoms with E-state index in [-0.39, 0.29) is 5.91 Å². The number of aryl methyl sites for hydroxylation is 1. The second-order valence-electron chi connectivity index (χ2n) is 5.88. The lowest BCUT2D eigenvalue weighted by molar-refractivity contribution is -0.130. The number of carbonyl (C=O) groups is 1. The Kier molecular flexibility index (Phi) is 5.64. The van der Waals surface area contributed by atoms with E-state index in [0.29, 0.717) is 39.0 Å². The van der Waals surface area contributed by atoms with Gasteiger partial charge in [0.15, 0.2) is 0 Å². The van der Waals surface area contributed by atoms with Crippen LogP contribution in [0.1, 0.15) is 17.5 Å². The van der Waals surface area contributed by atoms with Crippen molar-refractivity contribution in [2.45, 2.75) is 19.8 Å². The zero-order valence-electron chi connectivity index (χ0n) is 13.9. The minimum atomic E-state index is -3.19. The van der Waals surface area contributed by atoms with Crippen molar-refractivity contribution in [3.8, 4) is 5.75 Å². The standard InChI is InChI=1S/C16H24N2O4S/c1-13-11-14(5-6-15(13)22-2)12-16(19)17-7-4-8-18(10-9-17)23(3,20)21/h5-6,11H,4,7-10,12H2,1-3H3. The second-order valence-corrected chi connectivity index (χ2v) is 7.86. The number of sulfonamides is 1. The molecule has 0 spiro atoms. The van der Waals surface area contributed by atoms with Gasteiger partial charge in [-0.05, 0) is 30.5 Å². The first kappa shape index (κ1) is 17.7. The number of ether oxygens (including phenoxy) is 1. The molecule has 0 bridgehead atoms. The summed E-state index contributed by atoms with van der Waals surface area (Å²) in [6, 6.07) is 5.72. The average Bonchev–Trinajstić information content (AvgIpc) is 2.73. The summed E-state index contributed by atoms with van der Waals surface area (Å²) >= 11 is 0. The predicted octanol–water partition coefficient (Wildman–Crippen LogP) is 1.04. The number of rotatable bonds is 4. The Morgan fingerprint density at radius 1 is 1.22 bits per heavy atom. The van der Waals surface area contributed by atoms with Crippen LogP contribution in [0.3, 0.4) is 0 Å². The number of carbonyl (C=O) groups excluding carboxylic acids is 1. The van der Waals surface area contributed by atoms with E-state index in [0.717, 1.165) is 16.9 Å². The molecule has 1 aliphatic heterocycles. The van der Waals surface area contributed by atoms with E-state index in [9.17, 15) is 13.2 Å². The number of nitrogens with zero attached hydrogens (tertiary/aromatic N) is 2. The van der Waals surface area contributed by atoms with Crippen LogP contribution < -0.4 is 4.74 Å². The van der Waals surface area contributed by atoms with Gasteiger partial charge in [0, 0.05) is 26.2 Å². The molecule has 1 aliphatic rings. The molecule has 0 saturated carbocycles. The van der Waals surface area contributed by atoms with Crippen LogP contribution in [0.15, 0.2) is 18.2 Å². The number of amides is 1. The number of methoxy groups -OCH3 is 1. The van der Waals surface area contributed by atoms with E-state index < -0.39 is 10.0 Å². The molecule has 0 atom stereocenters. The fraction of sp³-hybridized carbons (Fsp3) is 0.562. The van der Waals surface area contributed by atoms with Crippen molar-refractivity contribution in [2.75, 3.05) is 39.5 Å². The van der Waals surface area contributed by atoms with Gasteiger partial charge in [-0.3, -0.25) is 4.79 Å². The molecular weight excluding hydrogens is 316 g/mol. The van der Waals surface area contributed by atoms with E-state index in [1.807, 2.05) is 25.1 Å². The van der Waals surface area contributed by atoms with Gasteiger partial charge in [-0.25, -0.2) is 12.7 Å². The Labute approximate surface area is 138 Å². The smallest absolute Gasteiger partial charge is 0.227 e. The van der Waals surface area contributed by atoms with E-state index in [1.165, 1.54) is 10.6 Å². The van der Waals surface area contributed by atoms with Gasteiger partial charge in [-0.15, -0.1) is 0 Å². The highest BCUT2D eigenvalue weighted by Crippen LogP contribution is 2.19. The number of hydrogen-bond acceptors (Lipinski definition) is 4. The third-order valence-corrected chi connectivity index (χ3v) is 5.39. The van der Waals surface area contributed by atoms with E-state index in [1.54, 1.807) is 12.0 Å². The van der Waals surface area contributed by atoms with Gasteiger partial charge in [0.1, 0.15) is 5.75 Å². The second kappa shape index (κ2) is 7.31. The molecule has 1 fully saturated rings. The van der Waals surface area contributed by atoms with Gasteiger partial charge in [0.2, 0.25) is 15.9 Å². The Morgan fingerprint density at radius 2 is 1.96 bits per heavy atom. The van der Waals surface area contributed by atoms with Crippen LogP contribution in [-0.2, 0) is 21.2 Å². The summed E-state index contributed by atoms with van der Waals surface area (Å²) in [5.41, 5.74) is 1.94. The summed E-state index contributed by atoms with van der Waals surface area (Å²) in [4.78, 5) is 14.2. The minimum Gasteiger partial charge on any atom is -0.496 e. The van der Waals surface area contributed by atoms with Gasteiger partial charge in [0.05, 0.1) is 19.8 Å². The van der Waals surface area contributed by atoms with Crippen molar-refractivity contribution < 1.29 is 17.9 Å². The molecular formula is C16H24N2O4S. The van der Waals surface area contributed by atoms with Gasteiger partial charge < -0.3 is 9.64 Å². The molecule has 0 unspecified atom stereocenters. The SMILES string of the molecule is COc1ccc(CC(=O)N2CCCN(S(C)(=O)=O)CC2)cc1C. The summed E-state index contributed by atoms with van der Waals surface area (Å²) in [5, 5.41) is 0. The summed E-state index contributed by atoms with van der Waals surface area (Å²) in [5.74, 6) is 0.838. The molecule has 2 rings (SSSR count). The molecule has 7 heteroatoms. The maximum absolute atomic E-state index is 12.5. The van der Waals surface area contributed by atoms with Crippen molar-refractivity contribution in [3.05, 3.63) is 29.3 Å². The van der Waals surface area contributed by atoms with E-state index in [2.05, 4.69) is 0 Å². The quantitative estimate of drug-likeness (QED) is 0.821. The fourth-order valence-electron chi connectivity index (χ4n) is 2.81. The molecule has 0 N–H and O–H groups in total. The average molecular weight is 340 g/mol. The first-order chi connectivity index (χ1) is 10.8. The molecule has 6 nitrogen and oxygen atoms in total. The van der Waals surface area contributed by atoms with Gasteiger partial charge in [0.25, 0.3) is 0 Å². The Hall–Kier alpha value is -1.60. The highest BCUT2D eigenvalue weighted by molar-refractivity contribution is 7.88. The van der Waals surface area contributed by atoms with Crippen LogP contribution in [0.5, 0.6) is 5.75 Å². The lowest BCUT2D eigenvalue weighted by Crippen LogP contribution is -2.37. The molecule has 1 aromatic carbocycles. The fourth-order valence-corrected chi connectivity index (χ4v) is 3.69. The normalized spacial score (nSPS) is 16.9. The summed E-state index contributed by atoms with van der Waals surface area (Å²) in [7, 11) is -1.57. The summed E-state index contributed by atoms with van der Waals surface area (Å²) in [6.45, 7) is 3.83. The first-order valence-corrected chi connectivity index (χ1v) is 9.52. The maximum Gasteiger partial charge on any atom is 0.227 e. The molecule has 1 saturated heterocycles. The van der Waals surface area contributed by atoms with Crippen molar-refractivity contribution in [2.24, 2.45) is 0 Å². The van der Waals surface area contributed by atoms with Crippen molar-refractivity contribution in [3.63, 3.8) is 0 Å². The van der Waals surface area contributed by atoms with Crippen LogP contribution in [0, 0.1) is 6.92 Å². The molecule has 0 radical (unpaired) electrons. The third kappa shape index (κ3) is 4.68. The molecule has 1 amide bonds. The first-order valence-electron chi connectivity index (χ1n) is 7.67.